The van der Waals surface area contributed by atoms with Crippen molar-refractivity contribution in [3.8, 4) is 5.69 Å². The summed E-state index contributed by atoms with van der Waals surface area (Å²) < 4.78 is 7.35. The minimum absolute atomic E-state index is 0.126. The average Bonchev–Trinajstić information content (AvgIpc) is 3.11. The number of aromatic nitrogens is 1. The summed E-state index contributed by atoms with van der Waals surface area (Å²) in [5.41, 5.74) is 2.42. The van der Waals surface area contributed by atoms with E-state index in [0.717, 1.165) is 56.7 Å². The van der Waals surface area contributed by atoms with Crippen LogP contribution in [0.25, 0.3) is 16.5 Å². The highest BCUT2D eigenvalue weighted by Crippen LogP contribution is 2.27. The molecule has 1 unspecified atom stereocenters. The zero-order valence-electron chi connectivity index (χ0n) is 29.2. The normalized spacial score (nSPS) is 17.2. The van der Waals surface area contributed by atoms with Gasteiger partial charge in [0.05, 0.1) is 17.3 Å². The van der Waals surface area contributed by atoms with Gasteiger partial charge in [0, 0.05) is 68.3 Å². The Morgan fingerprint density at radius 1 is 0.816 bits per heavy atom. The van der Waals surface area contributed by atoms with Crippen LogP contribution in [0.5, 0.6) is 0 Å². The number of carbonyl (C=O) groups is 2. The SMILES string of the molecule is CCC(NC(=O)c1c(CN2CCN(C3CCN(C(=O)OC(C)(C)C)CC3)CC2)n(-c2ccccc2)c(=O)c2ccccc12)c1ccccc1. The summed E-state index contributed by atoms with van der Waals surface area (Å²) in [5.74, 6) is -0.179. The molecular weight excluding hydrogens is 614 g/mol. The third kappa shape index (κ3) is 7.89. The number of fused-ring (bicyclic) bond motifs is 1. The minimum Gasteiger partial charge on any atom is -0.444 e. The Kier molecular flexibility index (Phi) is 10.5. The van der Waals surface area contributed by atoms with E-state index in [0.29, 0.717) is 47.7 Å². The molecule has 2 aliphatic heterocycles. The second-order valence-electron chi connectivity index (χ2n) is 14.2. The van der Waals surface area contributed by atoms with E-state index in [1.807, 2.05) is 111 Å². The lowest BCUT2D eigenvalue weighted by Gasteiger charge is -2.43. The number of benzene rings is 3. The number of carbonyl (C=O) groups excluding carboxylic acids is 2. The number of pyridine rings is 1. The van der Waals surface area contributed by atoms with Crippen molar-refractivity contribution < 1.29 is 14.3 Å². The van der Waals surface area contributed by atoms with Crippen LogP contribution in [0.1, 0.15) is 74.6 Å². The van der Waals surface area contributed by atoms with E-state index >= 15 is 0 Å². The van der Waals surface area contributed by atoms with Crippen molar-refractivity contribution in [3.05, 3.63) is 112 Å². The molecule has 1 aromatic heterocycles. The Morgan fingerprint density at radius 3 is 2.02 bits per heavy atom. The summed E-state index contributed by atoms with van der Waals surface area (Å²) in [5, 5.41) is 4.52. The lowest BCUT2D eigenvalue weighted by Crippen LogP contribution is -2.54. The number of piperidine rings is 1. The first-order chi connectivity index (χ1) is 23.6. The van der Waals surface area contributed by atoms with Crippen LogP contribution in [0.3, 0.4) is 0 Å². The molecular formula is C40H49N5O4. The van der Waals surface area contributed by atoms with Crippen LogP contribution in [-0.4, -0.2) is 82.2 Å². The van der Waals surface area contributed by atoms with Crippen LogP contribution >= 0.6 is 0 Å². The largest absolute Gasteiger partial charge is 0.444 e. The van der Waals surface area contributed by atoms with Crippen molar-refractivity contribution in [3.63, 3.8) is 0 Å². The van der Waals surface area contributed by atoms with Crippen LogP contribution in [0.2, 0.25) is 0 Å². The van der Waals surface area contributed by atoms with Gasteiger partial charge in [-0.25, -0.2) is 4.79 Å². The molecule has 1 atom stereocenters. The number of rotatable bonds is 8. The monoisotopic (exact) mass is 663 g/mol. The number of nitrogens with zero attached hydrogens (tertiary/aromatic N) is 4. The van der Waals surface area contributed by atoms with E-state index in [-0.39, 0.29) is 23.6 Å². The van der Waals surface area contributed by atoms with E-state index in [2.05, 4.69) is 22.0 Å². The number of nitrogens with one attached hydrogen (secondary N) is 1. The van der Waals surface area contributed by atoms with E-state index in [4.69, 9.17) is 4.74 Å². The Labute approximate surface area is 289 Å². The molecule has 2 amide bonds. The van der Waals surface area contributed by atoms with E-state index < -0.39 is 5.60 Å². The molecule has 0 aliphatic carbocycles. The summed E-state index contributed by atoms with van der Waals surface area (Å²) in [4.78, 5) is 48.0. The highest BCUT2D eigenvalue weighted by atomic mass is 16.6. The van der Waals surface area contributed by atoms with Gasteiger partial charge in [0.25, 0.3) is 11.5 Å². The lowest BCUT2D eigenvalue weighted by molar-refractivity contribution is 0.00961. The summed E-state index contributed by atoms with van der Waals surface area (Å²) in [6.45, 7) is 13.0. The first-order valence-electron chi connectivity index (χ1n) is 17.6. The predicted molar refractivity (Wildman–Crippen MR) is 194 cm³/mol. The summed E-state index contributed by atoms with van der Waals surface area (Å²) >= 11 is 0. The van der Waals surface area contributed by atoms with Gasteiger partial charge in [-0.05, 0) is 63.8 Å². The molecule has 49 heavy (non-hydrogen) atoms. The fourth-order valence-electron chi connectivity index (χ4n) is 7.23. The van der Waals surface area contributed by atoms with Crippen molar-refractivity contribution in [1.82, 2.24) is 24.6 Å². The van der Waals surface area contributed by atoms with Gasteiger partial charge in [0.1, 0.15) is 5.60 Å². The van der Waals surface area contributed by atoms with Crippen LogP contribution in [0, 0.1) is 0 Å². The standard InChI is InChI=1S/C40H49N5O4/c1-5-34(29-14-8-6-9-15-29)41-37(46)36-32-18-12-13-19-33(32)38(47)45(31-16-10-7-11-17-31)35(36)28-42-24-26-43(27-25-42)30-20-22-44(23-21-30)39(48)49-40(2,3)4/h6-19,30,34H,5,20-28H2,1-4H3,(H,41,46). The summed E-state index contributed by atoms with van der Waals surface area (Å²) in [7, 11) is 0. The van der Waals surface area contributed by atoms with Gasteiger partial charge in [-0.2, -0.15) is 0 Å². The molecule has 0 bridgehead atoms. The number of ether oxygens (including phenoxy) is 1. The molecule has 2 saturated heterocycles. The molecule has 0 radical (unpaired) electrons. The quantitative estimate of drug-likeness (QED) is 0.235. The van der Waals surface area contributed by atoms with Crippen LogP contribution < -0.4 is 10.9 Å². The second kappa shape index (κ2) is 15.0. The van der Waals surface area contributed by atoms with Crippen molar-refractivity contribution in [2.75, 3.05) is 39.3 Å². The van der Waals surface area contributed by atoms with Gasteiger partial charge in [-0.3, -0.25) is 24.0 Å². The molecule has 3 aromatic carbocycles. The number of hydrogen-bond acceptors (Lipinski definition) is 6. The fraction of sp³-hybridized carbons (Fsp3) is 0.425. The van der Waals surface area contributed by atoms with Gasteiger partial charge in [0.15, 0.2) is 0 Å². The van der Waals surface area contributed by atoms with Crippen LogP contribution in [-0.2, 0) is 11.3 Å². The maximum atomic E-state index is 14.5. The third-order valence-corrected chi connectivity index (χ3v) is 9.76. The fourth-order valence-corrected chi connectivity index (χ4v) is 7.23. The van der Waals surface area contributed by atoms with Gasteiger partial charge < -0.3 is 15.0 Å². The molecule has 0 spiro atoms. The summed E-state index contributed by atoms with van der Waals surface area (Å²) in [6.07, 6.45) is 2.34. The van der Waals surface area contributed by atoms with Crippen LogP contribution in [0.4, 0.5) is 4.79 Å². The van der Waals surface area contributed by atoms with E-state index in [1.165, 1.54) is 0 Å². The molecule has 6 rings (SSSR count). The number of hydrogen-bond donors (Lipinski definition) is 1. The molecule has 258 valence electrons. The van der Waals surface area contributed by atoms with Crippen molar-refractivity contribution in [2.45, 2.75) is 71.2 Å². The number of para-hydroxylation sites is 1. The average molecular weight is 664 g/mol. The lowest BCUT2D eigenvalue weighted by atomic mass is 9.99. The Bertz CT molecular complexity index is 1800. The molecule has 0 saturated carbocycles. The highest BCUT2D eigenvalue weighted by Gasteiger charge is 2.32. The zero-order valence-corrected chi connectivity index (χ0v) is 29.2. The topological polar surface area (TPSA) is 87.1 Å². The summed E-state index contributed by atoms with van der Waals surface area (Å²) in [6, 6.07) is 27.4. The van der Waals surface area contributed by atoms with Crippen molar-refractivity contribution in [1.29, 1.82) is 0 Å². The Balaban J connectivity index is 1.26. The first kappa shape index (κ1) is 34.4. The van der Waals surface area contributed by atoms with E-state index in [9.17, 15) is 14.4 Å². The Hall–Kier alpha value is -4.47. The van der Waals surface area contributed by atoms with E-state index in [1.54, 1.807) is 4.57 Å². The molecule has 3 heterocycles. The maximum absolute atomic E-state index is 14.5. The molecule has 2 fully saturated rings. The first-order valence-corrected chi connectivity index (χ1v) is 17.6. The van der Waals surface area contributed by atoms with Gasteiger partial charge >= 0.3 is 6.09 Å². The smallest absolute Gasteiger partial charge is 0.410 e. The van der Waals surface area contributed by atoms with Crippen molar-refractivity contribution >= 4 is 22.8 Å². The zero-order chi connectivity index (χ0) is 34.5. The minimum atomic E-state index is -0.499. The van der Waals surface area contributed by atoms with Gasteiger partial charge in [-0.15, -0.1) is 0 Å². The number of amides is 2. The molecule has 1 N–H and O–H groups in total. The van der Waals surface area contributed by atoms with Gasteiger partial charge in [0.2, 0.25) is 0 Å². The predicted octanol–water partition coefficient (Wildman–Crippen LogP) is 6.39. The molecule has 9 nitrogen and oxygen atoms in total. The van der Waals surface area contributed by atoms with Crippen LogP contribution in [0.15, 0.2) is 89.7 Å². The Morgan fingerprint density at radius 2 is 1.41 bits per heavy atom. The molecule has 4 aromatic rings. The van der Waals surface area contributed by atoms with Crippen molar-refractivity contribution in [2.24, 2.45) is 0 Å². The second-order valence-corrected chi connectivity index (χ2v) is 14.2. The highest BCUT2D eigenvalue weighted by molar-refractivity contribution is 6.08. The molecule has 2 aliphatic rings. The third-order valence-electron chi connectivity index (χ3n) is 9.76. The maximum Gasteiger partial charge on any atom is 0.410 e. The molecule has 9 heteroatoms. The number of likely N-dealkylation sites (tertiary alicyclic amines) is 1. The van der Waals surface area contributed by atoms with Gasteiger partial charge in [-0.1, -0.05) is 73.7 Å². The number of piperazine rings is 1.